The molecule has 1 amide bonds. The van der Waals surface area contributed by atoms with Crippen LogP contribution in [0, 0.1) is 18.3 Å². The van der Waals surface area contributed by atoms with Crippen molar-refractivity contribution in [2.45, 2.75) is 6.92 Å². The molecule has 0 saturated heterocycles. The van der Waals surface area contributed by atoms with E-state index in [4.69, 9.17) is 0 Å². The lowest BCUT2D eigenvalue weighted by Crippen LogP contribution is -2.24. The van der Waals surface area contributed by atoms with Crippen LogP contribution in [0.4, 0.5) is 5.69 Å². The number of nitriles is 1. The number of benzene rings is 1. The van der Waals surface area contributed by atoms with Gasteiger partial charge in [-0.1, -0.05) is 30.3 Å². The first-order chi connectivity index (χ1) is 12.0. The van der Waals surface area contributed by atoms with E-state index in [1.165, 1.54) is 11.3 Å². The second kappa shape index (κ2) is 6.71. The lowest BCUT2D eigenvalue weighted by Gasteiger charge is -2.07. The van der Waals surface area contributed by atoms with Gasteiger partial charge in [-0.2, -0.15) is 5.26 Å². The number of nitrogens with zero attached hydrogens (tertiary/aromatic N) is 2. The summed E-state index contributed by atoms with van der Waals surface area (Å²) in [6.07, 6.45) is 0. The monoisotopic (exact) mass is 351 g/mol. The highest BCUT2D eigenvalue weighted by molar-refractivity contribution is 7.20. The zero-order valence-electron chi connectivity index (χ0n) is 13.5. The fraction of sp³-hybridized carbons (Fsp3) is 0.111. The number of ether oxygens (including phenoxy) is 1. The Morgan fingerprint density at radius 2 is 2.00 bits per heavy atom. The summed E-state index contributed by atoms with van der Waals surface area (Å²) >= 11 is 1.17. The molecule has 3 rings (SSSR count). The fourth-order valence-electron chi connectivity index (χ4n) is 2.49. The van der Waals surface area contributed by atoms with Crippen LogP contribution >= 0.6 is 11.3 Å². The Balaban J connectivity index is 2.14. The smallest absolute Gasteiger partial charge is 0.396 e. The molecule has 1 aromatic carbocycles. The molecule has 124 valence electrons. The van der Waals surface area contributed by atoms with Crippen molar-refractivity contribution in [2.75, 3.05) is 12.4 Å². The van der Waals surface area contributed by atoms with E-state index in [1.54, 1.807) is 0 Å². The number of hydrogen-bond donors (Lipinski definition) is 1. The zero-order chi connectivity index (χ0) is 18.0. The first-order valence-corrected chi connectivity index (χ1v) is 8.15. The second-order valence-electron chi connectivity index (χ2n) is 5.23. The Kier molecular flexibility index (Phi) is 4.46. The van der Waals surface area contributed by atoms with Crippen LogP contribution < -0.4 is 5.32 Å². The minimum absolute atomic E-state index is 0.285. The van der Waals surface area contributed by atoms with Crippen molar-refractivity contribution in [2.24, 2.45) is 0 Å². The average Bonchev–Trinajstić information content (AvgIpc) is 2.99. The van der Waals surface area contributed by atoms with E-state index >= 15 is 0 Å². The second-order valence-corrected chi connectivity index (χ2v) is 6.23. The summed E-state index contributed by atoms with van der Waals surface area (Å²) < 4.78 is 4.41. The van der Waals surface area contributed by atoms with E-state index in [2.05, 4.69) is 15.0 Å². The number of methoxy groups -OCH3 is 1. The van der Waals surface area contributed by atoms with Gasteiger partial charge < -0.3 is 10.1 Å². The molecule has 7 heteroatoms. The van der Waals surface area contributed by atoms with E-state index in [-0.39, 0.29) is 4.88 Å². The van der Waals surface area contributed by atoms with Crippen LogP contribution in [-0.4, -0.2) is 24.0 Å². The van der Waals surface area contributed by atoms with E-state index in [1.807, 2.05) is 49.4 Å². The van der Waals surface area contributed by atoms with Gasteiger partial charge in [0.05, 0.1) is 18.5 Å². The number of esters is 1. The number of anilines is 1. The third-order valence-corrected chi connectivity index (χ3v) is 4.63. The number of nitrogens with one attached hydrogen (secondary N) is 1. The van der Waals surface area contributed by atoms with Crippen LogP contribution in [0.2, 0.25) is 0 Å². The first kappa shape index (κ1) is 16.6. The van der Waals surface area contributed by atoms with Gasteiger partial charge in [-0.25, -0.2) is 9.78 Å². The summed E-state index contributed by atoms with van der Waals surface area (Å²) in [5.74, 6) is -1.94. The van der Waals surface area contributed by atoms with Gasteiger partial charge in [-0.15, -0.1) is 11.3 Å². The number of thiophene rings is 1. The van der Waals surface area contributed by atoms with E-state index in [9.17, 15) is 14.9 Å². The Hall–Kier alpha value is -3.24. The highest BCUT2D eigenvalue weighted by Gasteiger charge is 2.22. The summed E-state index contributed by atoms with van der Waals surface area (Å²) in [5.41, 5.74) is 2.88. The van der Waals surface area contributed by atoms with Gasteiger partial charge in [-0.05, 0) is 18.6 Å². The van der Waals surface area contributed by atoms with Crippen molar-refractivity contribution in [3.63, 3.8) is 0 Å². The zero-order valence-corrected chi connectivity index (χ0v) is 14.3. The van der Waals surface area contributed by atoms with Crippen molar-refractivity contribution < 1.29 is 14.3 Å². The molecule has 0 unspecified atom stereocenters. The topological polar surface area (TPSA) is 92.1 Å². The maximum Gasteiger partial charge on any atom is 0.396 e. The Morgan fingerprint density at radius 1 is 1.28 bits per heavy atom. The van der Waals surface area contributed by atoms with Crippen LogP contribution in [0.3, 0.4) is 0 Å². The van der Waals surface area contributed by atoms with Crippen molar-refractivity contribution in [1.82, 2.24) is 4.98 Å². The molecule has 25 heavy (non-hydrogen) atoms. The van der Waals surface area contributed by atoms with Crippen molar-refractivity contribution in [3.05, 3.63) is 46.8 Å². The Bertz CT molecular complexity index is 1020. The number of fused-ring (bicyclic) bond motifs is 1. The van der Waals surface area contributed by atoms with Crippen LogP contribution in [0.1, 0.15) is 10.4 Å². The van der Waals surface area contributed by atoms with Crippen LogP contribution in [0.25, 0.3) is 21.5 Å². The molecule has 0 aliphatic carbocycles. The summed E-state index contributed by atoms with van der Waals surface area (Å²) in [6.45, 7) is 1.87. The lowest BCUT2D eigenvalue weighted by atomic mass is 10.1. The number of amides is 1. The van der Waals surface area contributed by atoms with Crippen molar-refractivity contribution >= 4 is 39.1 Å². The summed E-state index contributed by atoms with van der Waals surface area (Å²) in [7, 11) is 1.12. The van der Waals surface area contributed by atoms with E-state index < -0.39 is 11.9 Å². The summed E-state index contributed by atoms with van der Waals surface area (Å²) in [4.78, 5) is 28.7. The first-order valence-electron chi connectivity index (χ1n) is 7.34. The number of aromatic nitrogens is 1. The van der Waals surface area contributed by atoms with Crippen molar-refractivity contribution in [3.8, 4) is 17.3 Å². The predicted octanol–water partition coefficient (Wildman–Crippen LogP) is 3.25. The highest BCUT2D eigenvalue weighted by Crippen LogP contribution is 2.38. The van der Waals surface area contributed by atoms with Crippen molar-refractivity contribution in [1.29, 1.82) is 5.26 Å². The molecule has 0 atom stereocenters. The molecule has 0 radical (unpaired) electrons. The van der Waals surface area contributed by atoms with E-state index in [0.29, 0.717) is 15.9 Å². The molecule has 0 bridgehead atoms. The minimum atomic E-state index is -1.02. The van der Waals surface area contributed by atoms with Gasteiger partial charge in [-0.3, -0.25) is 4.79 Å². The van der Waals surface area contributed by atoms with Gasteiger partial charge >= 0.3 is 11.9 Å². The quantitative estimate of drug-likeness (QED) is 0.565. The molecular formula is C18H13N3O3S. The highest BCUT2D eigenvalue weighted by atomic mass is 32.1. The molecular weight excluding hydrogens is 338 g/mol. The molecule has 1 N–H and O–H groups in total. The number of pyridine rings is 1. The predicted molar refractivity (Wildman–Crippen MR) is 95.2 cm³/mol. The van der Waals surface area contributed by atoms with Crippen LogP contribution in [0.5, 0.6) is 0 Å². The summed E-state index contributed by atoms with van der Waals surface area (Å²) in [5, 5.41) is 12.5. The molecule has 3 aromatic rings. The Labute approximate surface area is 147 Å². The third-order valence-electron chi connectivity index (χ3n) is 3.64. The number of aryl methyl sites for hydroxylation is 1. The third kappa shape index (κ3) is 3.07. The maximum atomic E-state index is 11.8. The molecule has 2 heterocycles. The normalized spacial score (nSPS) is 10.3. The number of hydrogen-bond acceptors (Lipinski definition) is 6. The molecule has 0 fully saturated rings. The number of carbonyl (C=O) groups excluding carboxylic acids is 2. The van der Waals surface area contributed by atoms with Crippen LogP contribution in [0.15, 0.2) is 36.4 Å². The number of rotatable bonds is 2. The maximum absolute atomic E-state index is 11.8. The lowest BCUT2D eigenvalue weighted by molar-refractivity contribution is -0.150. The SMILES string of the molecule is COC(=O)C(=O)Nc1c(C#N)sc2nc(-c3ccccc3)cc(C)c12. The molecule has 0 spiro atoms. The van der Waals surface area contributed by atoms with Gasteiger partial charge in [0, 0.05) is 10.9 Å². The minimum Gasteiger partial charge on any atom is -0.462 e. The average molecular weight is 351 g/mol. The molecule has 0 aliphatic rings. The molecule has 6 nitrogen and oxygen atoms in total. The Morgan fingerprint density at radius 3 is 2.64 bits per heavy atom. The fourth-order valence-corrected chi connectivity index (χ4v) is 3.50. The largest absolute Gasteiger partial charge is 0.462 e. The van der Waals surface area contributed by atoms with Gasteiger partial charge in [0.1, 0.15) is 15.8 Å². The summed E-state index contributed by atoms with van der Waals surface area (Å²) in [6, 6.07) is 13.6. The molecule has 0 aliphatic heterocycles. The molecule has 2 aromatic heterocycles. The standard InChI is InChI=1S/C18H13N3O3S/c1-10-8-12(11-6-4-3-5-7-11)20-17-14(10)15(13(9-19)25-17)21-16(22)18(23)24-2/h3-8H,1-2H3,(H,21,22). The van der Waals surface area contributed by atoms with E-state index in [0.717, 1.165) is 23.9 Å². The van der Waals surface area contributed by atoms with Gasteiger partial charge in [0.25, 0.3) is 0 Å². The van der Waals surface area contributed by atoms with Gasteiger partial charge in [0.2, 0.25) is 0 Å². The number of carbonyl (C=O) groups is 2. The van der Waals surface area contributed by atoms with Crippen LogP contribution in [-0.2, 0) is 14.3 Å². The van der Waals surface area contributed by atoms with Gasteiger partial charge in [0.15, 0.2) is 0 Å². The molecule has 0 saturated carbocycles.